The maximum absolute atomic E-state index is 12.4. The molecule has 19 heavy (non-hydrogen) atoms. The lowest BCUT2D eigenvalue weighted by Gasteiger charge is -2.22. The second-order valence-corrected chi connectivity index (χ2v) is 5.51. The van der Waals surface area contributed by atoms with Crippen molar-refractivity contribution in [1.29, 1.82) is 0 Å². The van der Waals surface area contributed by atoms with Gasteiger partial charge in [0.05, 0.1) is 5.56 Å². The first-order valence-electron chi connectivity index (χ1n) is 6.79. The summed E-state index contributed by atoms with van der Waals surface area (Å²) < 4.78 is 0. The Labute approximate surface area is 112 Å². The number of amides is 1. The second-order valence-electron chi connectivity index (χ2n) is 5.51. The second kappa shape index (κ2) is 4.68. The minimum Gasteiger partial charge on any atom is -0.478 e. The Kier molecular flexibility index (Phi) is 3.01. The van der Waals surface area contributed by atoms with E-state index in [2.05, 4.69) is 0 Å². The highest BCUT2D eigenvalue weighted by atomic mass is 16.4. The highest BCUT2D eigenvalue weighted by Gasteiger charge is 2.36. The number of carboxylic acid groups (broad SMARTS) is 1. The van der Waals surface area contributed by atoms with Gasteiger partial charge < -0.3 is 10.0 Å². The third kappa shape index (κ3) is 2.78. The number of aromatic carboxylic acids is 1. The van der Waals surface area contributed by atoms with Crippen LogP contribution in [0.3, 0.4) is 0 Å². The number of carboxylic acids is 1. The lowest BCUT2D eigenvalue weighted by atomic mass is 10.1. The van der Waals surface area contributed by atoms with E-state index in [0.29, 0.717) is 17.5 Å². The van der Waals surface area contributed by atoms with E-state index in [0.717, 1.165) is 19.4 Å². The predicted molar refractivity (Wildman–Crippen MR) is 70.2 cm³/mol. The number of hydrogen-bond donors (Lipinski definition) is 1. The molecule has 4 heteroatoms. The summed E-state index contributed by atoms with van der Waals surface area (Å²) in [6.45, 7) is 0.865. The summed E-state index contributed by atoms with van der Waals surface area (Å²) in [6, 6.07) is 6.64. The van der Waals surface area contributed by atoms with Crippen LogP contribution in [-0.4, -0.2) is 34.5 Å². The lowest BCUT2D eigenvalue weighted by molar-refractivity contribution is 0.0692. The van der Waals surface area contributed by atoms with Crippen LogP contribution < -0.4 is 0 Å². The van der Waals surface area contributed by atoms with Gasteiger partial charge >= 0.3 is 5.97 Å². The zero-order valence-corrected chi connectivity index (χ0v) is 10.7. The van der Waals surface area contributed by atoms with E-state index < -0.39 is 5.97 Å². The fourth-order valence-corrected chi connectivity index (χ4v) is 2.28. The van der Waals surface area contributed by atoms with E-state index in [1.807, 2.05) is 4.90 Å². The fraction of sp³-hybridized carbons (Fsp3) is 0.467. The van der Waals surface area contributed by atoms with Gasteiger partial charge in [-0.1, -0.05) is 0 Å². The van der Waals surface area contributed by atoms with Crippen LogP contribution in [0.25, 0.3) is 0 Å². The van der Waals surface area contributed by atoms with Crippen LogP contribution in [0.2, 0.25) is 0 Å². The lowest BCUT2D eigenvalue weighted by Crippen LogP contribution is -2.34. The first-order valence-corrected chi connectivity index (χ1v) is 6.79. The van der Waals surface area contributed by atoms with Crippen molar-refractivity contribution in [3.63, 3.8) is 0 Å². The highest BCUT2D eigenvalue weighted by molar-refractivity contribution is 5.96. The van der Waals surface area contributed by atoms with E-state index in [1.165, 1.54) is 25.0 Å². The molecule has 0 aliphatic heterocycles. The average molecular weight is 259 g/mol. The molecule has 100 valence electrons. The Morgan fingerprint density at radius 3 is 2.11 bits per heavy atom. The summed E-state index contributed by atoms with van der Waals surface area (Å²) in [7, 11) is 0. The molecular formula is C15H17NO3. The normalized spacial score (nSPS) is 18.1. The van der Waals surface area contributed by atoms with Crippen molar-refractivity contribution in [2.24, 2.45) is 5.92 Å². The summed E-state index contributed by atoms with van der Waals surface area (Å²) in [4.78, 5) is 25.2. The highest BCUT2D eigenvalue weighted by Crippen LogP contribution is 2.35. The van der Waals surface area contributed by atoms with Crippen LogP contribution >= 0.6 is 0 Å². The summed E-state index contributed by atoms with van der Waals surface area (Å²) in [6.07, 6.45) is 4.67. The fourth-order valence-electron chi connectivity index (χ4n) is 2.28. The molecule has 1 amide bonds. The SMILES string of the molecule is O=C(O)c1ccc(C(=O)N(CC2CC2)C2CC2)cc1. The topological polar surface area (TPSA) is 57.6 Å². The van der Waals surface area contributed by atoms with Gasteiger partial charge in [-0.25, -0.2) is 4.79 Å². The van der Waals surface area contributed by atoms with Gasteiger partial charge in [0.25, 0.3) is 5.91 Å². The van der Waals surface area contributed by atoms with Crippen molar-refractivity contribution < 1.29 is 14.7 Å². The first-order chi connectivity index (χ1) is 9.15. The molecule has 0 saturated heterocycles. The van der Waals surface area contributed by atoms with Gasteiger partial charge in [0.1, 0.15) is 0 Å². The maximum Gasteiger partial charge on any atom is 0.335 e. The molecule has 2 fully saturated rings. The molecular weight excluding hydrogens is 242 g/mol. The van der Waals surface area contributed by atoms with Gasteiger partial charge in [-0.3, -0.25) is 4.79 Å². The van der Waals surface area contributed by atoms with Gasteiger partial charge in [-0.05, 0) is 55.9 Å². The number of benzene rings is 1. The molecule has 2 saturated carbocycles. The van der Waals surface area contributed by atoms with Gasteiger partial charge in [-0.15, -0.1) is 0 Å². The molecule has 3 rings (SSSR count). The van der Waals surface area contributed by atoms with E-state index >= 15 is 0 Å². The van der Waals surface area contributed by atoms with Crippen molar-refractivity contribution in [3.8, 4) is 0 Å². The Morgan fingerprint density at radius 1 is 1.05 bits per heavy atom. The summed E-state index contributed by atoms with van der Waals surface area (Å²) in [5, 5.41) is 8.85. The monoisotopic (exact) mass is 259 g/mol. The molecule has 1 aromatic carbocycles. The molecule has 0 radical (unpaired) electrons. The molecule has 1 N–H and O–H groups in total. The zero-order valence-electron chi connectivity index (χ0n) is 10.7. The predicted octanol–water partition coefficient (Wildman–Crippen LogP) is 2.40. The Morgan fingerprint density at radius 2 is 1.63 bits per heavy atom. The molecule has 2 aliphatic carbocycles. The number of hydrogen-bond acceptors (Lipinski definition) is 2. The Balaban J connectivity index is 1.74. The maximum atomic E-state index is 12.4. The van der Waals surface area contributed by atoms with E-state index in [1.54, 1.807) is 12.1 Å². The van der Waals surface area contributed by atoms with Gasteiger partial charge in [0, 0.05) is 18.2 Å². The Hall–Kier alpha value is -1.84. The van der Waals surface area contributed by atoms with E-state index in [4.69, 9.17) is 5.11 Å². The molecule has 0 unspecified atom stereocenters. The van der Waals surface area contributed by atoms with Crippen molar-refractivity contribution in [2.45, 2.75) is 31.7 Å². The molecule has 1 aromatic rings. The van der Waals surface area contributed by atoms with Crippen LogP contribution in [0.4, 0.5) is 0 Å². The van der Waals surface area contributed by atoms with Crippen LogP contribution in [0.1, 0.15) is 46.4 Å². The third-order valence-corrected chi connectivity index (χ3v) is 3.78. The van der Waals surface area contributed by atoms with Crippen molar-refractivity contribution in [3.05, 3.63) is 35.4 Å². The summed E-state index contributed by atoms with van der Waals surface area (Å²) >= 11 is 0. The molecule has 0 bridgehead atoms. The Bertz CT molecular complexity index is 501. The van der Waals surface area contributed by atoms with Gasteiger partial charge in [-0.2, -0.15) is 0 Å². The average Bonchev–Trinajstić information content (AvgIpc) is 3.28. The minimum absolute atomic E-state index is 0.0475. The summed E-state index contributed by atoms with van der Waals surface area (Å²) in [5.74, 6) is -0.231. The number of carbonyl (C=O) groups is 2. The smallest absolute Gasteiger partial charge is 0.335 e. The van der Waals surface area contributed by atoms with Crippen LogP contribution in [-0.2, 0) is 0 Å². The molecule has 0 spiro atoms. The zero-order chi connectivity index (χ0) is 13.4. The number of rotatable bonds is 5. The van der Waals surface area contributed by atoms with E-state index in [9.17, 15) is 9.59 Å². The van der Waals surface area contributed by atoms with Crippen LogP contribution in [0, 0.1) is 5.92 Å². The van der Waals surface area contributed by atoms with Crippen molar-refractivity contribution in [2.75, 3.05) is 6.54 Å². The molecule has 0 atom stereocenters. The van der Waals surface area contributed by atoms with Crippen LogP contribution in [0.5, 0.6) is 0 Å². The van der Waals surface area contributed by atoms with Crippen LogP contribution in [0.15, 0.2) is 24.3 Å². The van der Waals surface area contributed by atoms with Gasteiger partial charge in [0.2, 0.25) is 0 Å². The van der Waals surface area contributed by atoms with E-state index in [-0.39, 0.29) is 11.5 Å². The molecule has 0 aromatic heterocycles. The quantitative estimate of drug-likeness (QED) is 0.883. The number of carbonyl (C=O) groups excluding carboxylic acids is 1. The first kappa shape index (κ1) is 12.2. The molecule has 0 heterocycles. The minimum atomic E-state index is -0.962. The van der Waals surface area contributed by atoms with Gasteiger partial charge in [0.15, 0.2) is 0 Å². The largest absolute Gasteiger partial charge is 0.478 e. The summed E-state index contributed by atoms with van der Waals surface area (Å²) in [5.41, 5.74) is 0.814. The van der Waals surface area contributed by atoms with Crippen molar-refractivity contribution >= 4 is 11.9 Å². The van der Waals surface area contributed by atoms with Crippen molar-refractivity contribution in [1.82, 2.24) is 4.90 Å². The standard InChI is InChI=1S/C15H17NO3/c17-14(11-3-5-12(6-4-11)15(18)19)16(13-7-8-13)9-10-1-2-10/h3-6,10,13H,1-2,7-9H2,(H,18,19). The molecule has 4 nitrogen and oxygen atoms in total. The number of nitrogens with zero attached hydrogens (tertiary/aromatic N) is 1. The third-order valence-electron chi connectivity index (χ3n) is 3.78. The molecule has 2 aliphatic rings.